The highest BCUT2D eigenvalue weighted by molar-refractivity contribution is 8.01. The van der Waals surface area contributed by atoms with Crippen molar-refractivity contribution in [3.63, 3.8) is 0 Å². The molecule has 2 aromatic rings. The number of carboxylic acids is 1. The highest BCUT2D eigenvalue weighted by atomic mass is 32.2. The maximum Gasteiger partial charge on any atom is 0.314 e. The fourth-order valence-corrected chi connectivity index (χ4v) is 7.81. The van der Waals surface area contributed by atoms with Gasteiger partial charge >= 0.3 is 5.97 Å². The molecular weight excluding hydrogens is 488 g/mol. The highest BCUT2D eigenvalue weighted by Gasteiger charge is 2.40. The molecule has 2 aliphatic heterocycles. The van der Waals surface area contributed by atoms with Crippen molar-refractivity contribution in [2.45, 2.75) is 63.8 Å². The number of carboxylic acid groups (broad SMARTS) is 1. The Labute approximate surface area is 224 Å². The molecule has 1 saturated heterocycles. The number of carbonyl (C=O) groups is 1. The number of ether oxygens (including phenoxy) is 1. The lowest BCUT2D eigenvalue weighted by Gasteiger charge is -2.46. The average Bonchev–Trinajstić information content (AvgIpc) is 3.16. The van der Waals surface area contributed by atoms with E-state index in [1.165, 1.54) is 32.2 Å². The van der Waals surface area contributed by atoms with Gasteiger partial charge in [0.2, 0.25) is 0 Å². The first-order chi connectivity index (χ1) is 16.9. The molecule has 1 fully saturated rings. The molecule has 0 unspecified atom stereocenters. The fraction of sp³-hybridized carbons (Fsp3) is 0.552. The summed E-state index contributed by atoms with van der Waals surface area (Å²) in [5.41, 5.74) is 5.66. The van der Waals surface area contributed by atoms with E-state index in [4.69, 9.17) is 4.74 Å². The van der Waals surface area contributed by atoms with Gasteiger partial charge in [-0.2, -0.15) is 0 Å². The molecule has 0 spiro atoms. The van der Waals surface area contributed by atoms with Crippen LogP contribution < -0.4 is 4.74 Å². The second-order valence-electron chi connectivity index (χ2n) is 11.7. The van der Waals surface area contributed by atoms with Gasteiger partial charge in [0.25, 0.3) is 0 Å². The van der Waals surface area contributed by atoms with Gasteiger partial charge < -0.3 is 19.2 Å². The van der Waals surface area contributed by atoms with Crippen LogP contribution in [0.25, 0.3) is 5.70 Å². The number of hydrogen-bond donors (Lipinski definition) is 1. The molecule has 3 heterocycles. The highest BCUT2D eigenvalue weighted by Crippen LogP contribution is 2.47. The van der Waals surface area contributed by atoms with Crippen molar-refractivity contribution >= 4 is 34.8 Å². The van der Waals surface area contributed by atoms with E-state index in [-0.39, 0.29) is 0 Å². The van der Waals surface area contributed by atoms with Gasteiger partial charge in [0.15, 0.2) is 5.06 Å². The number of rotatable bonds is 6. The summed E-state index contributed by atoms with van der Waals surface area (Å²) in [4.78, 5) is 14.3. The van der Waals surface area contributed by atoms with Gasteiger partial charge in [-0.3, -0.25) is 4.79 Å². The van der Waals surface area contributed by atoms with E-state index >= 15 is 0 Å². The maximum atomic E-state index is 11.8. The number of thiophene rings is 1. The van der Waals surface area contributed by atoms with E-state index in [0.29, 0.717) is 11.8 Å². The predicted octanol–water partition coefficient (Wildman–Crippen LogP) is 6.90. The SMILES string of the molecule is CC1=C(N2CC[N+](C)(CC(C)(C)C(=O)O)CC2)c2cc(SC(C)C)sc2Oc2cc(C)ccc2CC1. The van der Waals surface area contributed by atoms with Crippen LogP contribution in [0.1, 0.15) is 57.7 Å². The Morgan fingerprint density at radius 2 is 1.89 bits per heavy atom. The van der Waals surface area contributed by atoms with Crippen molar-refractivity contribution in [3.05, 3.63) is 46.5 Å². The summed E-state index contributed by atoms with van der Waals surface area (Å²) >= 11 is 3.65. The second kappa shape index (κ2) is 10.4. The third kappa shape index (κ3) is 5.95. The lowest BCUT2D eigenvalue weighted by Crippen LogP contribution is -2.60. The van der Waals surface area contributed by atoms with Gasteiger partial charge in [-0.15, -0.1) is 11.8 Å². The molecule has 4 rings (SSSR count). The molecule has 1 N–H and O–H groups in total. The number of nitrogens with zero attached hydrogens (tertiary/aromatic N) is 2. The van der Waals surface area contributed by atoms with Crippen molar-refractivity contribution in [2.75, 3.05) is 39.8 Å². The molecule has 2 aliphatic rings. The maximum absolute atomic E-state index is 11.8. The van der Waals surface area contributed by atoms with Gasteiger partial charge in [-0.05, 0) is 69.4 Å². The molecule has 0 amide bonds. The Bertz CT molecular complexity index is 1160. The zero-order chi connectivity index (χ0) is 26.3. The summed E-state index contributed by atoms with van der Waals surface area (Å²) in [6.07, 6.45) is 1.95. The Balaban J connectivity index is 1.68. The van der Waals surface area contributed by atoms with Crippen molar-refractivity contribution < 1.29 is 19.1 Å². The van der Waals surface area contributed by atoms with E-state index in [1.807, 2.05) is 25.6 Å². The van der Waals surface area contributed by atoms with Crippen LogP contribution in [-0.4, -0.2) is 65.5 Å². The topological polar surface area (TPSA) is 49.8 Å². The minimum atomic E-state index is -0.731. The summed E-state index contributed by atoms with van der Waals surface area (Å²) in [5.74, 6) is 0.260. The largest absolute Gasteiger partial charge is 0.481 e. The van der Waals surface area contributed by atoms with Crippen LogP contribution in [-0.2, 0) is 11.2 Å². The van der Waals surface area contributed by atoms with E-state index in [0.717, 1.165) is 54.3 Å². The minimum Gasteiger partial charge on any atom is -0.481 e. The molecule has 36 heavy (non-hydrogen) atoms. The van der Waals surface area contributed by atoms with Gasteiger partial charge in [-0.25, -0.2) is 0 Å². The van der Waals surface area contributed by atoms with Crippen molar-refractivity contribution in [3.8, 4) is 10.8 Å². The standard InChI is InChI=1S/C29H40N2O3S2/c1-19(2)35-25-17-23-26(30-12-14-31(7,15-13-30)18-29(5,6)28(32)33)21(4)9-11-22-10-8-20(3)16-24(22)34-27(23)36-25/h8,10,16-17,19H,9,11-15,18H2,1-7H3/p+1. The number of allylic oxidation sites excluding steroid dienone is 1. The number of hydrogen-bond acceptors (Lipinski definition) is 5. The molecule has 0 saturated carbocycles. The zero-order valence-electron chi connectivity index (χ0n) is 22.8. The predicted molar refractivity (Wildman–Crippen MR) is 151 cm³/mol. The number of aryl methyl sites for hydroxylation is 2. The van der Waals surface area contributed by atoms with Crippen LogP contribution in [0.15, 0.2) is 34.0 Å². The Hall–Kier alpha value is -1.96. The molecule has 0 radical (unpaired) electrons. The number of benzene rings is 1. The van der Waals surface area contributed by atoms with E-state index in [9.17, 15) is 9.90 Å². The normalized spacial score (nSPS) is 18.2. The van der Waals surface area contributed by atoms with Crippen LogP contribution in [0.4, 0.5) is 0 Å². The van der Waals surface area contributed by atoms with Gasteiger partial charge in [0, 0.05) is 10.9 Å². The molecule has 7 heteroatoms. The molecule has 0 atom stereocenters. The lowest BCUT2D eigenvalue weighted by molar-refractivity contribution is -0.917. The van der Waals surface area contributed by atoms with Crippen LogP contribution in [0.5, 0.6) is 10.8 Å². The summed E-state index contributed by atoms with van der Waals surface area (Å²) in [5, 5.41) is 11.2. The van der Waals surface area contributed by atoms with Gasteiger partial charge in [0.05, 0.1) is 49.5 Å². The fourth-order valence-electron chi connectivity index (χ4n) is 5.41. The molecule has 1 aromatic heterocycles. The van der Waals surface area contributed by atoms with Crippen molar-refractivity contribution in [2.24, 2.45) is 5.41 Å². The number of thioether (sulfide) groups is 1. The third-order valence-electron chi connectivity index (χ3n) is 7.37. The Kier molecular flexibility index (Phi) is 7.84. The average molecular weight is 530 g/mol. The first-order valence-electron chi connectivity index (χ1n) is 13.0. The van der Waals surface area contributed by atoms with E-state index in [2.05, 4.69) is 63.9 Å². The number of fused-ring (bicyclic) bond motifs is 2. The summed E-state index contributed by atoms with van der Waals surface area (Å²) in [7, 11) is 2.21. The molecule has 196 valence electrons. The number of aliphatic carboxylic acids is 1. The second-order valence-corrected chi connectivity index (χ2v) is 14.6. The Morgan fingerprint density at radius 3 is 2.53 bits per heavy atom. The molecule has 5 nitrogen and oxygen atoms in total. The van der Waals surface area contributed by atoms with Crippen LogP contribution in [0, 0.1) is 12.3 Å². The number of piperazine rings is 1. The van der Waals surface area contributed by atoms with Crippen LogP contribution in [0.3, 0.4) is 0 Å². The monoisotopic (exact) mass is 529 g/mol. The zero-order valence-corrected chi connectivity index (χ0v) is 24.4. The molecule has 0 bridgehead atoms. The first-order valence-corrected chi connectivity index (χ1v) is 14.7. The smallest absolute Gasteiger partial charge is 0.314 e. The summed E-state index contributed by atoms with van der Waals surface area (Å²) < 4.78 is 8.76. The first kappa shape index (κ1) is 27.1. The van der Waals surface area contributed by atoms with Gasteiger partial charge in [0.1, 0.15) is 11.2 Å². The number of quaternary nitrogens is 1. The minimum absolute atomic E-state index is 0.505. The lowest BCUT2D eigenvalue weighted by atomic mass is 9.91. The summed E-state index contributed by atoms with van der Waals surface area (Å²) in [6, 6.07) is 8.90. The van der Waals surface area contributed by atoms with Crippen LogP contribution >= 0.6 is 23.1 Å². The Morgan fingerprint density at radius 1 is 1.19 bits per heavy atom. The molecular formula is C29H41N2O3S2+. The van der Waals surface area contributed by atoms with Crippen LogP contribution in [0.2, 0.25) is 0 Å². The summed E-state index contributed by atoms with van der Waals surface area (Å²) in [6.45, 7) is 16.9. The van der Waals surface area contributed by atoms with Gasteiger partial charge in [-0.1, -0.05) is 37.3 Å². The van der Waals surface area contributed by atoms with E-state index in [1.54, 1.807) is 11.3 Å². The van der Waals surface area contributed by atoms with E-state index < -0.39 is 11.4 Å². The molecule has 0 aliphatic carbocycles. The quantitative estimate of drug-likeness (QED) is 0.326. The number of likely N-dealkylation sites (N-methyl/N-ethyl adjacent to an activating group) is 1. The molecule has 1 aromatic carbocycles. The third-order valence-corrected chi connectivity index (χ3v) is 9.54. The van der Waals surface area contributed by atoms with Crippen molar-refractivity contribution in [1.82, 2.24) is 4.90 Å². The van der Waals surface area contributed by atoms with Crippen molar-refractivity contribution in [1.29, 1.82) is 0 Å².